The van der Waals surface area contributed by atoms with Crippen LogP contribution in [0.15, 0.2) is 23.8 Å². The maximum absolute atomic E-state index is 10.7. The van der Waals surface area contributed by atoms with E-state index in [1.807, 2.05) is 13.0 Å². The molecule has 0 aliphatic rings. The Kier molecular flexibility index (Phi) is 7.85. The predicted molar refractivity (Wildman–Crippen MR) is 60.8 cm³/mol. The molecule has 0 aromatic heterocycles. The summed E-state index contributed by atoms with van der Waals surface area (Å²) in [5.41, 5.74) is 1.12. The van der Waals surface area contributed by atoms with Gasteiger partial charge in [-0.2, -0.15) is 0 Å². The van der Waals surface area contributed by atoms with Crippen LogP contribution >= 0.6 is 0 Å². The number of allylic oxidation sites excluding steroid dienone is 2. The first-order valence-electron chi connectivity index (χ1n) is 5.09. The third-order valence-corrected chi connectivity index (χ3v) is 1.88. The second kappa shape index (κ2) is 8.71. The Labute approximate surface area is 95.9 Å². The van der Waals surface area contributed by atoms with Gasteiger partial charge in [0, 0.05) is 13.0 Å². The number of carbonyl (C=O) groups excluding carboxylic acids is 2. The number of rotatable bonds is 6. The minimum atomic E-state index is -0.346. The lowest BCUT2D eigenvalue weighted by atomic mass is 10.1. The molecule has 0 aliphatic heterocycles. The first-order chi connectivity index (χ1) is 7.56. The molecule has 0 aromatic rings. The van der Waals surface area contributed by atoms with E-state index >= 15 is 0 Å². The largest absolute Gasteiger partial charge is 0.466 e. The van der Waals surface area contributed by atoms with E-state index in [0.29, 0.717) is 6.61 Å². The summed E-state index contributed by atoms with van der Waals surface area (Å²) in [5.74, 6) is -0.629. The lowest BCUT2D eigenvalue weighted by molar-refractivity contribution is -0.139. The van der Waals surface area contributed by atoms with E-state index in [1.165, 1.54) is 20.1 Å². The molecule has 0 fully saturated rings. The highest BCUT2D eigenvalue weighted by Crippen LogP contribution is 2.04. The smallest absolute Gasteiger partial charge is 0.330 e. The highest BCUT2D eigenvalue weighted by molar-refractivity contribution is 5.81. The summed E-state index contributed by atoms with van der Waals surface area (Å²) in [6, 6.07) is 0. The molecule has 0 unspecified atom stereocenters. The van der Waals surface area contributed by atoms with Gasteiger partial charge in [0.15, 0.2) is 0 Å². The molecule has 0 N–H and O–H groups in total. The molecule has 0 radical (unpaired) electrons. The van der Waals surface area contributed by atoms with E-state index in [-0.39, 0.29) is 11.9 Å². The van der Waals surface area contributed by atoms with Gasteiger partial charge in [0.2, 0.25) is 0 Å². The maximum atomic E-state index is 10.7. The van der Waals surface area contributed by atoms with Crippen molar-refractivity contribution in [1.82, 2.24) is 0 Å². The average molecular weight is 226 g/mol. The Morgan fingerprint density at radius 2 is 1.94 bits per heavy atom. The Morgan fingerprint density at radius 3 is 2.50 bits per heavy atom. The zero-order valence-electron chi connectivity index (χ0n) is 9.99. The Balaban J connectivity index is 3.72. The van der Waals surface area contributed by atoms with Crippen LogP contribution in [0.2, 0.25) is 0 Å². The number of hydrogen-bond acceptors (Lipinski definition) is 4. The van der Waals surface area contributed by atoms with Crippen molar-refractivity contribution >= 4 is 11.9 Å². The van der Waals surface area contributed by atoms with E-state index in [9.17, 15) is 9.59 Å². The van der Waals surface area contributed by atoms with Crippen molar-refractivity contribution in [1.29, 1.82) is 0 Å². The van der Waals surface area contributed by atoms with Crippen LogP contribution in [0.3, 0.4) is 0 Å². The van der Waals surface area contributed by atoms with Crippen LogP contribution in [0.4, 0.5) is 0 Å². The lowest BCUT2D eigenvalue weighted by Gasteiger charge is -1.99. The van der Waals surface area contributed by atoms with E-state index in [4.69, 9.17) is 4.74 Å². The van der Waals surface area contributed by atoms with Gasteiger partial charge in [0.1, 0.15) is 6.61 Å². The van der Waals surface area contributed by atoms with Crippen LogP contribution in [-0.4, -0.2) is 25.7 Å². The summed E-state index contributed by atoms with van der Waals surface area (Å²) in [5, 5.41) is 0. The van der Waals surface area contributed by atoms with E-state index in [2.05, 4.69) is 4.74 Å². The molecular formula is C12H18O4. The van der Waals surface area contributed by atoms with Gasteiger partial charge in [0.05, 0.1) is 7.11 Å². The second-order valence-corrected chi connectivity index (χ2v) is 3.32. The van der Waals surface area contributed by atoms with Crippen LogP contribution in [0.1, 0.15) is 26.7 Å². The summed E-state index contributed by atoms with van der Waals surface area (Å²) in [7, 11) is 1.34. The maximum Gasteiger partial charge on any atom is 0.330 e. The van der Waals surface area contributed by atoms with Crippen LogP contribution in [-0.2, 0) is 19.1 Å². The highest BCUT2D eigenvalue weighted by Gasteiger charge is 1.93. The number of carbonyl (C=O) groups is 2. The third-order valence-electron chi connectivity index (χ3n) is 1.88. The summed E-state index contributed by atoms with van der Waals surface area (Å²) in [4.78, 5) is 21.2. The molecule has 0 amide bonds. The molecule has 0 heterocycles. The number of hydrogen-bond donors (Lipinski definition) is 0. The molecule has 4 nitrogen and oxygen atoms in total. The topological polar surface area (TPSA) is 52.6 Å². The third kappa shape index (κ3) is 8.99. The minimum absolute atomic E-state index is 0.283. The van der Waals surface area contributed by atoms with Crippen molar-refractivity contribution in [3.05, 3.63) is 23.8 Å². The summed E-state index contributed by atoms with van der Waals surface area (Å²) >= 11 is 0. The van der Waals surface area contributed by atoms with Crippen molar-refractivity contribution in [3.8, 4) is 0 Å². The van der Waals surface area contributed by atoms with Gasteiger partial charge >= 0.3 is 11.9 Å². The van der Waals surface area contributed by atoms with Gasteiger partial charge in [-0.1, -0.05) is 11.6 Å². The molecular weight excluding hydrogens is 208 g/mol. The van der Waals surface area contributed by atoms with Crippen molar-refractivity contribution in [2.24, 2.45) is 0 Å². The van der Waals surface area contributed by atoms with Gasteiger partial charge in [-0.15, -0.1) is 0 Å². The molecule has 90 valence electrons. The zero-order chi connectivity index (χ0) is 12.4. The van der Waals surface area contributed by atoms with Crippen LogP contribution in [0.25, 0.3) is 0 Å². The molecule has 0 spiro atoms. The molecule has 0 bridgehead atoms. The summed E-state index contributed by atoms with van der Waals surface area (Å²) in [6.45, 7) is 3.64. The molecule has 0 atom stereocenters. The molecule has 0 aliphatic carbocycles. The molecule has 0 rings (SSSR count). The molecule has 0 saturated carbocycles. The standard InChI is InChI=1S/C12H18O4/c1-10(8-9-16-11(2)13)6-4-5-7-12(14)15-3/h5,7-8H,4,6,9H2,1-3H3/b7-5+,10-8+. The van der Waals surface area contributed by atoms with Gasteiger partial charge in [-0.05, 0) is 25.8 Å². The summed E-state index contributed by atoms with van der Waals surface area (Å²) < 4.78 is 9.22. The van der Waals surface area contributed by atoms with Crippen molar-refractivity contribution in [2.45, 2.75) is 26.7 Å². The number of ether oxygens (including phenoxy) is 2. The van der Waals surface area contributed by atoms with E-state index in [0.717, 1.165) is 18.4 Å². The van der Waals surface area contributed by atoms with Crippen LogP contribution in [0, 0.1) is 0 Å². The second-order valence-electron chi connectivity index (χ2n) is 3.32. The molecule has 0 saturated heterocycles. The predicted octanol–water partition coefficient (Wildman–Crippen LogP) is 2.01. The fraction of sp³-hybridized carbons (Fsp3) is 0.500. The first-order valence-corrected chi connectivity index (χ1v) is 5.09. The van der Waals surface area contributed by atoms with Crippen molar-refractivity contribution < 1.29 is 19.1 Å². The lowest BCUT2D eigenvalue weighted by Crippen LogP contribution is -1.98. The minimum Gasteiger partial charge on any atom is -0.466 e. The fourth-order valence-corrected chi connectivity index (χ4v) is 0.962. The van der Waals surface area contributed by atoms with Crippen LogP contribution in [0.5, 0.6) is 0 Å². The monoisotopic (exact) mass is 226 g/mol. The van der Waals surface area contributed by atoms with Crippen molar-refractivity contribution in [3.63, 3.8) is 0 Å². The Hall–Kier alpha value is -1.58. The van der Waals surface area contributed by atoms with Crippen LogP contribution < -0.4 is 0 Å². The normalized spacial score (nSPS) is 11.6. The quantitative estimate of drug-likeness (QED) is 0.395. The highest BCUT2D eigenvalue weighted by atomic mass is 16.5. The van der Waals surface area contributed by atoms with E-state index < -0.39 is 0 Å². The van der Waals surface area contributed by atoms with Gasteiger partial charge in [0.25, 0.3) is 0 Å². The molecule has 4 heteroatoms. The number of methoxy groups -OCH3 is 1. The Bertz CT molecular complexity index is 289. The average Bonchev–Trinajstić information content (AvgIpc) is 2.23. The Morgan fingerprint density at radius 1 is 1.25 bits per heavy atom. The summed E-state index contributed by atoms with van der Waals surface area (Å²) in [6.07, 6.45) is 6.61. The molecule has 16 heavy (non-hydrogen) atoms. The van der Waals surface area contributed by atoms with Gasteiger partial charge < -0.3 is 9.47 Å². The zero-order valence-corrected chi connectivity index (χ0v) is 9.99. The fourth-order valence-electron chi connectivity index (χ4n) is 0.962. The van der Waals surface area contributed by atoms with Gasteiger partial charge in [-0.3, -0.25) is 4.79 Å². The first kappa shape index (κ1) is 14.4. The SMILES string of the molecule is COC(=O)/C=C/CC/C(C)=C/COC(C)=O. The van der Waals surface area contributed by atoms with Gasteiger partial charge in [-0.25, -0.2) is 4.79 Å². The molecule has 0 aromatic carbocycles. The van der Waals surface area contributed by atoms with E-state index in [1.54, 1.807) is 6.08 Å². The number of esters is 2. The van der Waals surface area contributed by atoms with Crippen molar-refractivity contribution in [2.75, 3.05) is 13.7 Å².